The van der Waals surface area contributed by atoms with Crippen molar-refractivity contribution in [1.82, 2.24) is 0 Å². The molecular weight excluding hydrogens is 434 g/mol. The number of rotatable bonds is 6. The number of Topliss-reactive ketones (excluding diaryl/α,β-unsaturated/α-hetero) is 1. The van der Waals surface area contributed by atoms with Crippen molar-refractivity contribution in [1.29, 1.82) is 0 Å². The van der Waals surface area contributed by atoms with Gasteiger partial charge in [0.15, 0.2) is 11.5 Å². The van der Waals surface area contributed by atoms with Crippen LogP contribution >= 0.6 is 0 Å². The maximum absolute atomic E-state index is 13.3. The zero-order valence-electron chi connectivity index (χ0n) is 19.4. The summed E-state index contributed by atoms with van der Waals surface area (Å²) in [6.45, 7) is 1.93. The highest BCUT2D eigenvalue weighted by Crippen LogP contribution is 2.43. The van der Waals surface area contributed by atoms with E-state index in [1.807, 2.05) is 31.2 Å². The Bertz CT molecular complexity index is 1300. The number of anilines is 1. The first-order valence-electron chi connectivity index (χ1n) is 10.6. The van der Waals surface area contributed by atoms with Crippen LogP contribution in [0, 0.1) is 6.92 Å². The van der Waals surface area contributed by atoms with Gasteiger partial charge in [-0.3, -0.25) is 14.5 Å². The number of aliphatic hydroxyl groups excluding tert-OH is 1. The van der Waals surface area contributed by atoms with E-state index in [4.69, 9.17) is 14.2 Å². The second-order valence-electron chi connectivity index (χ2n) is 7.85. The molecule has 1 amide bonds. The monoisotopic (exact) mass is 459 g/mol. The van der Waals surface area contributed by atoms with Gasteiger partial charge in [-0.15, -0.1) is 0 Å². The van der Waals surface area contributed by atoms with Crippen LogP contribution in [0.4, 0.5) is 5.69 Å². The molecule has 1 fully saturated rings. The van der Waals surface area contributed by atoms with Crippen LogP contribution in [-0.2, 0) is 9.59 Å². The molecule has 7 nitrogen and oxygen atoms in total. The van der Waals surface area contributed by atoms with E-state index in [2.05, 4.69) is 0 Å². The highest BCUT2D eigenvalue weighted by Gasteiger charge is 2.47. The molecule has 0 aliphatic carbocycles. The summed E-state index contributed by atoms with van der Waals surface area (Å²) in [7, 11) is 4.52. The van der Waals surface area contributed by atoms with Crippen LogP contribution in [0.15, 0.2) is 72.3 Å². The number of hydrogen-bond donors (Lipinski definition) is 1. The summed E-state index contributed by atoms with van der Waals surface area (Å²) in [5, 5.41) is 11.3. The largest absolute Gasteiger partial charge is 0.507 e. The standard InChI is InChI=1S/C27H25NO6/c1-16-7-5-8-17(13-16)24-23(25(29)18-11-12-21(33-3)22(14-18)34-4)26(30)27(31)28(24)19-9-6-10-20(15-19)32-2/h5-15,24,29H,1-4H3/b25-23+. The minimum absolute atomic E-state index is 0.00867. The number of aryl methyl sites for hydroxylation is 1. The van der Waals surface area contributed by atoms with E-state index in [0.717, 1.165) is 5.56 Å². The molecular formula is C27H25NO6. The number of nitrogens with zero attached hydrogens (tertiary/aromatic N) is 1. The smallest absolute Gasteiger partial charge is 0.300 e. The molecule has 0 spiro atoms. The number of hydrogen-bond acceptors (Lipinski definition) is 6. The number of carbonyl (C=O) groups is 2. The fraction of sp³-hybridized carbons (Fsp3) is 0.185. The van der Waals surface area contributed by atoms with Gasteiger partial charge in [0, 0.05) is 17.3 Å². The average molecular weight is 459 g/mol. The highest BCUT2D eigenvalue weighted by atomic mass is 16.5. The second-order valence-corrected chi connectivity index (χ2v) is 7.85. The lowest BCUT2D eigenvalue weighted by atomic mass is 9.94. The van der Waals surface area contributed by atoms with Crippen molar-refractivity contribution in [3.05, 3.63) is 89.0 Å². The number of amides is 1. The van der Waals surface area contributed by atoms with Gasteiger partial charge in [0.1, 0.15) is 11.5 Å². The summed E-state index contributed by atoms with van der Waals surface area (Å²) in [5.74, 6) is -0.395. The molecule has 34 heavy (non-hydrogen) atoms. The van der Waals surface area contributed by atoms with Gasteiger partial charge in [0.25, 0.3) is 11.7 Å². The molecule has 7 heteroatoms. The van der Waals surface area contributed by atoms with E-state index in [9.17, 15) is 14.7 Å². The molecule has 1 unspecified atom stereocenters. The summed E-state index contributed by atoms with van der Waals surface area (Å²) in [6.07, 6.45) is 0. The van der Waals surface area contributed by atoms with Gasteiger partial charge < -0.3 is 19.3 Å². The van der Waals surface area contributed by atoms with Crippen LogP contribution in [0.5, 0.6) is 17.2 Å². The number of carbonyl (C=O) groups excluding carboxylic acids is 2. The SMILES string of the molecule is COc1cccc(N2C(=O)C(=O)/C(=C(/O)c3ccc(OC)c(OC)c3)C2c2cccc(C)c2)c1. The minimum atomic E-state index is -0.833. The van der Waals surface area contributed by atoms with Gasteiger partial charge in [0.2, 0.25) is 0 Å². The van der Waals surface area contributed by atoms with Crippen LogP contribution in [0.2, 0.25) is 0 Å². The van der Waals surface area contributed by atoms with Gasteiger partial charge in [-0.2, -0.15) is 0 Å². The molecule has 1 saturated heterocycles. The Balaban J connectivity index is 1.95. The lowest BCUT2D eigenvalue weighted by Gasteiger charge is -2.26. The van der Waals surface area contributed by atoms with Crippen LogP contribution in [-0.4, -0.2) is 38.1 Å². The molecule has 1 aliphatic heterocycles. The average Bonchev–Trinajstić information content (AvgIpc) is 3.13. The molecule has 174 valence electrons. The summed E-state index contributed by atoms with van der Waals surface area (Å²) in [6, 6.07) is 18.4. The van der Waals surface area contributed by atoms with E-state index in [1.165, 1.54) is 26.2 Å². The normalized spacial score (nSPS) is 17.1. The van der Waals surface area contributed by atoms with Crippen molar-refractivity contribution in [2.24, 2.45) is 0 Å². The van der Waals surface area contributed by atoms with Gasteiger partial charge in [-0.25, -0.2) is 0 Å². The molecule has 4 rings (SSSR count). The van der Waals surface area contributed by atoms with Crippen LogP contribution in [0.1, 0.15) is 22.7 Å². The summed E-state index contributed by atoms with van der Waals surface area (Å²) in [5.41, 5.74) is 2.47. The topological polar surface area (TPSA) is 85.3 Å². The predicted octanol–water partition coefficient (Wildman–Crippen LogP) is 4.65. The van der Waals surface area contributed by atoms with Crippen molar-refractivity contribution in [3.63, 3.8) is 0 Å². The van der Waals surface area contributed by atoms with Crippen molar-refractivity contribution < 1.29 is 28.9 Å². The fourth-order valence-corrected chi connectivity index (χ4v) is 4.15. The molecule has 1 atom stereocenters. The van der Waals surface area contributed by atoms with Gasteiger partial charge in [0.05, 0.1) is 32.9 Å². The van der Waals surface area contributed by atoms with Crippen LogP contribution in [0.3, 0.4) is 0 Å². The van der Waals surface area contributed by atoms with Crippen LogP contribution in [0.25, 0.3) is 5.76 Å². The number of ether oxygens (including phenoxy) is 3. The fourth-order valence-electron chi connectivity index (χ4n) is 4.15. The number of aliphatic hydroxyl groups is 1. The van der Waals surface area contributed by atoms with Crippen molar-refractivity contribution in [2.45, 2.75) is 13.0 Å². The first-order chi connectivity index (χ1) is 16.4. The molecule has 0 saturated carbocycles. The zero-order valence-corrected chi connectivity index (χ0v) is 19.4. The van der Waals surface area contributed by atoms with E-state index < -0.39 is 17.7 Å². The number of benzene rings is 3. The molecule has 1 N–H and O–H groups in total. The van der Waals surface area contributed by atoms with Gasteiger partial charge in [-0.05, 0) is 42.8 Å². The Morgan fingerprint density at radius 1 is 0.853 bits per heavy atom. The van der Waals surface area contributed by atoms with Gasteiger partial charge >= 0.3 is 0 Å². The number of methoxy groups -OCH3 is 3. The zero-order chi connectivity index (χ0) is 24.4. The van der Waals surface area contributed by atoms with Crippen molar-refractivity contribution >= 4 is 23.1 Å². The Labute approximate surface area is 197 Å². The molecule has 1 aliphatic rings. The first-order valence-corrected chi connectivity index (χ1v) is 10.6. The lowest BCUT2D eigenvalue weighted by molar-refractivity contribution is -0.132. The summed E-state index contributed by atoms with van der Waals surface area (Å²) in [4.78, 5) is 28.0. The van der Waals surface area contributed by atoms with E-state index in [0.29, 0.717) is 34.1 Å². The highest BCUT2D eigenvalue weighted by molar-refractivity contribution is 6.51. The summed E-state index contributed by atoms with van der Waals surface area (Å²) < 4.78 is 15.9. The maximum Gasteiger partial charge on any atom is 0.300 e. The van der Waals surface area contributed by atoms with E-state index >= 15 is 0 Å². The third-order valence-electron chi connectivity index (χ3n) is 5.79. The molecule has 0 aromatic heterocycles. The van der Waals surface area contributed by atoms with Crippen LogP contribution < -0.4 is 19.1 Å². The Morgan fingerprint density at radius 3 is 2.26 bits per heavy atom. The van der Waals surface area contributed by atoms with E-state index in [-0.39, 0.29) is 11.3 Å². The van der Waals surface area contributed by atoms with E-state index in [1.54, 1.807) is 42.5 Å². The Hall–Kier alpha value is -4.26. The summed E-state index contributed by atoms with van der Waals surface area (Å²) >= 11 is 0. The number of ketones is 1. The minimum Gasteiger partial charge on any atom is -0.507 e. The van der Waals surface area contributed by atoms with Crippen molar-refractivity contribution in [2.75, 3.05) is 26.2 Å². The Morgan fingerprint density at radius 2 is 1.59 bits per heavy atom. The Kier molecular flexibility index (Phi) is 6.27. The molecule has 0 bridgehead atoms. The van der Waals surface area contributed by atoms with Crippen molar-refractivity contribution in [3.8, 4) is 17.2 Å². The quantitative estimate of drug-likeness (QED) is 0.328. The van der Waals surface area contributed by atoms with Gasteiger partial charge in [-0.1, -0.05) is 35.9 Å². The first kappa shape index (κ1) is 22.9. The second kappa shape index (κ2) is 9.31. The maximum atomic E-state index is 13.3. The lowest BCUT2D eigenvalue weighted by Crippen LogP contribution is -2.29. The third-order valence-corrected chi connectivity index (χ3v) is 5.79. The molecule has 3 aromatic rings. The molecule has 1 heterocycles. The molecule has 0 radical (unpaired) electrons. The molecule has 3 aromatic carbocycles. The third kappa shape index (κ3) is 3.96. The predicted molar refractivity (Wildman–Crippen MR) is 129 cm³/mol.